The van der Waals surface area contributed by atoms with Gasteiger partial charge in [0.15, 0.2) is 0 Å². The molecule has 0 aliphatic heterocycles. The SMILES string of the molecule is CC(C)(C)O[B]/C=C/N. The lowest BCUT2D eigenvalue weighted by molar-refractivity contribution is 0.141. The van der Waals surface area contributed by atoms with Gasteiger partial charge in [0.25, 0.3) is 0 Å². The standard InChI is InChI=1S/C6H13BNO/c1-6(2,3)9-7-4-5-8/h4-5H,8H2,1-3H3/b5-4+. The molecule has 0 bridgehead atoms. The second-order valence-electron chi connectivity index (χ2n) is 2.75. The molecule has 0 saturated heterocycles. The van der Waals surface area contributed by atoms with Crippen molar-refractivity contribution in [3.8, 4) is 0 Å². The zero-order chi connectivity index (χ0) is 7.33. The fourth-order valence-electron chi connectivity index (χ4n) is 0.289. The van der Waals surface area contributed by atoms with E-state index in [1.807, 2.05) is 20.8 Å². The van der Waals surface area contributed by atoms with Gasteiger partial charge in [-0.15, -0.1) is 0 Å². The van der Waals surface area contributed by atoms with Crippen LogP contribution < -0.4 is 5.73 Å². The van der Waals surface area contributed by atoms with E-state index in [0.717, 1.165) is 0 Å². The highest BCUT2D eigenvalue weighted by Crippen LogP contribution is 2.04. The first-order valence-corrected chi connectivity index (χ1v) is 2.94. The first-order valence-electron chi connectivity index (χ1n) is 2.94. The van der Waals surface area contributed by atoms with E-state index in [1.165, 1.54) is 6.20 Å². The minimum Gasteiger partial charge on any atom is -0.430 e. The molecule has 51 valence electrons. The van der Waals surface area contributed by atoms with Gasteiger partial charge in [-0.05, 0) is 27.0 Å². The average Bonchev–Trinajstić information content (AvgIpc) is 1.63. The van der Waals surface area contributed by atoms with Crippen molar-refractivity contribution >= 4 is 7.48 Å². The highest BCUT2D eigenvalue weighted by atomic mass is 16.5. The normalized spacial score (nSPS) is 12.3. The summed E-state index contributed by atoms with van der Waals surface area (Å²) in [6, 6.07) is 0. The summed E-state index contributed by atoms with van der Waals surface area (Å²) in [6.07, 6.45) is 1.44. The van der Waals surface area contributed by atoms with Crippen LogP contribution in [0.1, 0.15) is 20.8 Å². The van der Waals surface area contributed by atoms with Gasteiger partial charge in [-0.2, -0.15) is 0 Å². The molecule has 0 fully saturated rings. The summed E-state index contributed by atoms with van der Waals surface area (Å²) in [5.74, 6) is 1.66. The fourth-order valence-corrected chi connectivity index (χ4v) is 0.289. The highest BCUT2D eigenvalue weighted by molar-refractivity contribution is 6.34. The van der Waals surface area contributed by atoms with Gasteiger partial charge in [-0.1, -0.05) is 5.98 Å². The largest absolute Gasteiger partial charge is 0.430 e. The maximum Gasteiger partial charge on any atom is 0.324 e. The number of hydrogen-bond donors (Lipinski definition) is 1. The van der Waals surface area contributed by atoms with Crippen molar-refractivity contribution in [1.29, 1.82) is 0 Å². The molecule has 3 heteroatoms. The molecular weight excluding hydrogens is 113 g/mol. The Morgan fingerprint density at radius 1 is 1.44 bits per heavy atom. The van der Waals surface area contributed by atoms with Gasteiger partial charge in [-0.25, -0.2) is 0 Å². The lowest BCUT2D eigenvalue weighted by atomic mass is 9.99. The molecule has 0 aromatic rings. The summed E-state index contributed by atoms with van der Waals surface area (Å²) in [5, 5.41) is 0. The van der Waals surface area contributed by atoms with Gasteiger partial charge < -0.3 is 10.4 Å². The Balaban J connectivity index is 3.28. The summed E-state index contributed by atoms with van der Waals surface area (Å²) in [4.78, 5) is 0. The van der Waals surface area contributed by atoms with Gasteiger partial charge in [0.2, 0.25) is 0 Å². The van der Waals surface area contributed by atoms with Crippen molar-refractivity contribution in [1.82, 2.24) is 0 Å². The van der Waals surface area contributed by atoms with Crippen molar-refractivity contribution in [2.45, 2.75) is 26.4 Å². The summed E-state index contributed by atoms with van der Waals surface area (Å²) >= 11 is 0. The summed E-state index contributed by atoms with van der Waals surface area (Å²) < 4.78 is 5.18. The Bertz CT molecular complexity index is 95.7. The lowest BCUT2D eigenvalue weighted by Crippen LogP contribution is -2.20. The molecule has 0 atom stereocenters. The molecule has 0 unspecified atom stereocenters. The van der Waals surface area contributed by atoms with Crippen LogP contribution in [0.15, 0.2) is 12.2 Å². The van der Waals surface area contributed by atoms with E-state index in [2.05, 4.69) is 0 Å². The van der Waals surface area contributed by atoms with Crippen LogP contribution in [-0.2, 0) is 4.65 Å². The summed E-state index contributed by atoms with van der Waals surface area (Å²) in [6.45, 7) is 5.94. The van der Waals surface area contributed by atoms with Crippen LogP contribution in [0.4, 0.5) is 0 Å². The van der Waals surface area contributed by atoms with Gasteiger partial charge in [0, 0.05) is 5.60 Å². The molecular formula is C6H13BNO. The first-order chi connectivity index (χ1) is 4.06. The van der Waals surface area contributed by atoms with E-state index in [9.17, 15) is 0 Å². The zero-order valence-corrected chi connectivity index (χ0v) is 6.22. The third kappa shape index (κ3) is 7.56. The van der Waals surface area contributed by atoms with Crippen molar-refractivity contribution in [2.24, 2.45) is 5.73 Å². The van der Waals surface area contributed by atoms with Crippen LogP contribution in [0.5, 0.6) is 0 Å². The smallest absolute Gasteiger partial charge is 0.324 e. The van der Waals surface area contributed by atoms with E-state index in [4.69, 9.17) is 10.4 Å². The Kier molecular flexibility index (Phi) is 3.39. The fraction of sp³-hybridized carbons (Fsp3) is 0.667. The van der Waals surface area contributed by atoms with Gasteiger partial charge in [-0.3, -0.25) is 0 Å². The summed E-state index contributed by atoms with van der Waals surface area (Å²) in [5.41, 5.74) is 4.95. The third-order valence-electron chi connectivity index (χ3n) is 0.611. The first kappa shape index (κ1) is 8.56. The molecule has 0 amide bonds. The lowest BCUT2D eigenvalue weighted by Gasteiger charge is -2.17. The molecule has 0 aromatic heterocycles. The van der Waals surface area contributed by atoms with Crippen LogP contribution in [0.2, 0.25) is 0 Å². The van der Waals surface area contributed by atoms with Crippen LogP contribution >= 0.6 is 0 Å². The Labute approximate surface area is 57.3 Å². The third-order valence-corrected chi connectivity index (χ3v) is 0.611. The molecule has 1 radical (unpaired) electrons. The minimum atomic E-state index is -0.112. The Hall–Kier alpha value is -0.435. The maximum atomic E-state index is 5.18. The van der Waals surface area contributed by atoms with E-state index in [0.29, 0.717) is 0 Å². The molecule has 0 spiro atoms. The molecule has 0 aliphatic rings. The molecule has 0 aromatic carbocycles. The van der Waals surface area contributed by atoms with Crippen molar-refractivity contribution in [2.75, 3.05) is 0 Å². The molecule has 9 heavy (non-hydrogen) atoms. The van der Waals surface area contributed by atoms with Crippen LogP contribution in [0, 0.1) is 0 Å². The number of rotatable bonds is 2. The van der Waals surface area contributed by atoms with Gasteiger partial charge >= 0.3 is 7.48 Å². The maximum absolute atomic E-state index is 5.18. The molecule has 0 aliphatic carbocycles. The number of hydrogen-bond acceptors (Lipinski definition) is 2. The van der Waals surface area contributed by atoms with Gasteiger partial charge in [0.05, 0.1) is 0 Å². The molecule has 0 rings (SSSR count). The monoisotopic (exact) mass is 126 g/mol. The van der Waals surface area contributed by atoms with E-state index in [1.54, 1.807) is 13.5 Å². The van der Waals surface area contributed by atoms with E-state index in [-0.39, 0.29) is 5.60 Å². The minimum absolute atomic E-state index is 0.112. The topological polar surface area (TPSA) is 35.2 Å². The van der Waals surface area contributed by atoms with Crippen LogP contribution in [0.3, 0.4) is 0 Å². The van der Waals surface area contributed by atoms with E-state index < -0.39 is 0 Å². The molecule has 2 N–H and O–H groups in total. The predicted molar refractivity (Wildman–Crippen MR) is 39.9 cm³/mol. The summed E-state index contributed by atoms with van der Waals surface area (Å²) in [7, 11) is 1.58. The second kappa shape index (κ2) is 3.56. The Morgan fingerprint density at radius 2 is 2.00 bits per heavy atom. The molecule has 0 saturated carbocycles. The van der Waals surface area contributed by atoms with Crippen LogP contribution in [0.25, 0.3) is 0 Å². The van der Waals surface area contributed by atoms with Gasteiger partial charge in [0.1, 0.15) is 0 Å². The second-order valence-corrected chi connectivity index (χ2v) is 2.75. The quantitative estimate of drug-likeness (QED) is 0.556. The molecule has 2 nitrogen and oxygen atoms in total. The average molecular weight is 126 g/mol. The number of nitrogens with two attached hydrogens (primary N) is 1. The highest BCUT2D eigenvalue weighted by Gasteiger charge is 2.07. The zero-order valence-electron chi connectivity index (χ0n) is 6.22. The predicted octanol–water partition coefficient (Wildman–Crippen LogP) is 0.851. The van der Waals surface area contributed by atoms with Crippen LogP contribution in [-0.4, -0.2) is 13.1 Å². The molecule has 0 heterocycles. The van der Waals surface area contributed by atoms with E-state index >= 15 is 0 Å². The van der Waals surface area contributed by atoms with Crippen molar-refractivity contribution < 1.29 is 4.65 Å². The van der Waals surface area contributed by atoms with Crippen molar-refractivity contribution in [3.05, 3.63) is 12.2 Å². The van der Waals surface area contributed by atoms with Crippen molar-refractivity contribution in [3.63, 3.8) is 0 Å². The Morgan fingerprint density at radius 3 is 2.33 bits per heavy atom.